The third kappa shape index (κ3) is 2.82. The first-order chi connectivity index (χ1) is 13.2. The fraction of sp³-hybridized carbons (Fsp3) is 0.364. The second-order valence-electron chi connectivity index (χ2n) is 7.77. The molecule has 1 amide bonds. The molecule has 0 bridgehead atoms. The SMILES string of the molecule is Cn1nc(C(=O)N2CC[C@@H]3CN(Cc4ccccc4)[C@@H]3C2)c2ccccc21. The maximum Gasteiger partial charge on any atom is 0.275 e. The topological polar surface area (TPSA) is 41.4 Å². The molecule has 138 valence electrons. The predicted octanol–water partition coefficient (Wildman–Crippen LogP) is 2.92. The number of fused-ring (bicyclic) bond motifs is 2. The molecule has 0 N–H and O–H groups in total. The lowest BCUT2D eigenvalue weighted by Crippen LogP contribution is -2.64. The molecule has 27 heavy (non-hydrogen) atoms. The molecular weight excluding hydrogens is 336 g/mol. The van der Waals surface area contributed by atoms with Crippen molar-refractivity contribution in [1.82, 2.24) is 19.6 Å². The second kappa shape index (κ2) is 6.50. The minimum Gasteiger partial charge on any atom is -0.336 e. The smallest absolute Gasteiger partial charge is 0.275 e. The quantitative estimate of drug-likeness (QED) is 0.721. The summed E-state index contributed by atoms with van der Waals surface area (Å²) in [6, 6.07) is 19.0. The average molecular weight is 360 g/mol. The van der Waals surface area contributed by atoms with Crippen LogP contribution in [0.25, 0.3) is 10.9 Å². The minimum atomic E-state index is 0.0665. The number of para-hydroxylation sites is 1. The highest BCUT2D eigenvalue weighted by atomic mass is 16.2. The summed E-state index contributed by atoms with van der Waals surface area (Å²) in [4.78, 5) is 17.7. The van der Waals surface area contributed by atoms with E-state index < -0.39 is 0 Å². The Morgan fingerprint density at radius 2 is 1.85 bits per heavy atom. The van der Waals surface area contributed by atoms with Crippen molar-refractivity contribution in [3.8, 4) is 0 Å². The summed E-state index contributed by atoms with van der Waals surface area (Å²) in [5, 5.41) is 5.47. The molecule has 2 aliphatic heterocycles. The van der Waals surface area contributed by atoms with Gasteiger partial charge in [-0.3, -0.25) is 14.4 Å². The van der Waals surface area contributed by atoms with Gasteiger partial charge in [0.15, 0.2) is 5.69 Å². The van der Waals surface area contributed by atoms with Crippen molar-refractivity contribution in [3.05, 3.63) is 65.9 Å². The van der Waals surface area contributed by atoms with E-state index in [0.29, 0.717) is 11.7 Å². The van der Waals surface area contributed by atoms with E-state index in [-0.39, 0.29) is 5.91 Å². The molecule has 0 spiro atoms. The lowest BCUT2D eigenvalue weighted by molar-refractivity contribution is -0.0428. The molecule has 2 saturated heterocycles. The third-order valence-electron chi connectivity index (χ3n) is 6.14. The molecule has 2 fully saturated rings. The van der Waals surface area contributed by atoms with Gasteiger partial charge in [-0.25, -0.2) is 0 Å². The van der Waals surface area contributed by atoms with Gasteiger partial charge in [-0.05, 0) is 24.0 Å². The maximum atomic E-state index is 13.2. The summed E-state index contributed by atoms with van der Waals surface area (Å²) in [5.41, 5.74) is 2.93. The van der Waals surface area contributed by atoms with Crippen molar-refractivity contribution < 1.29 is 4.79 Å². The van der Waals surface area contributed by atoms with Crippen LogP contribution in [0.3, 0.4) is 0 Å². The lowest BCUT2D eigenvalue weighted by atomic mass is 9.82. The molecule has 3 aromatic rings. The van der Waals surface area contributed by atoms with E-state index in [2.05, 4.69) is 40.3 Å². The molecule has 5 heteroatoms. The predicted molar refractivity (Wildman–Crippen MR) is 105 cm³/mol. The Bertz CT molecular complexity index is 980. The fourth-order valence-corrected chi connectivity index (χ4v) is 4.61. The van der Waals surface area contributed by atoms with E-state index in [1.54, 1.807) is 4.68 Å². The number of hydrogen-bond donors (Lipinski definition) is 0. The Hall–Kier alpha value is -2.66. The summed E-state index contributed by atoms with van der Waals surface area (Å²) in [7, 11) is 1.90. The minimum absolute atomic E-state index is 0.0665. The third-order valence-corrected chi connectivity index (χ3v) is 6.14. The number of aromatic nitrogens is 2. The Kier molecular flexibility index (Phi) is 3.97. The summed E-state index contributed by atoms with van der Waals surface area (Å²) in [5.74, 6) is 0.787. The number of amides is 1. The maximum absolute atomic E-state index is 13.2. The van der Waals surface area contributed by atoms with E-state index in [1.165, 1.54) is 5.56 Å². The first-order valence-electron chi connectivity index (χ1n) is 9.69. The summed E-state index contributed by atoms with van der Waals surface area (Å²) < 4.78 is 1.81. The summed E-state index contributed by atoms with van der Waals surface area (Å²) in [6.45, 7) is 3.76. The van der Waals surface area contributed by atoms with E-state index in [0.717, 1.165) is 49.4 Å². The lowest BCUT2D eigenvalue weighted by Gasteiger charge is -2.53. The van der Waals surface area contributed by atoms with Crippen molar-refractivity contribution in [2.24, 2.45) is 13.0 Å². The van der Waals surface area contributed by atoms with Gasteiger partial charge in [0.2, 0.25) is 0 Å². The number of nitrogens with zero attached hydrogens (tertiary/aromatic N) is 4. The number of aryl methyl sites for hydroxylation is 1. The van der Waals surface area contributed by atoms with Crippen LogP contribution in [0.4, 0.5) is 0 Å². The normalized spacial score (nSPS) is 22.5. The number of piperidine rings is 1. The number of carbonyl (C=O) groups is 1. The van der Waals surface area contributed by atoms with Crippen LogP contribution in [0.15, 0.2) is 54.6 Å². The Morgan fingerprint density at radius 1 is 1.07 bits per heavy atom. The number of carbonyl (C=O) groups excluding carboxylic acids is 1. The van der Waals surface area contributed by atoms with Crippen molar-refractivity contribution in [3.63, 3.8) is 0 Å². The van der Waals surface area contributed by atoms with Crippen LogP contribution in [0.2, 0.25) is 0 Å². The zero-order valence-corrected chi connectivity index (χ0v) is 15.6. The van der Waals surface area contributed by atoms with Gasteiger partial charge in [0.1, 0.15) is 0 Å². The zero-order chi connectivity index (χ0) is 18.4. The van der Waals surface area contributed by atoms with Crippen LogP contribution in [0.5, 0.6) is 0 Å². The molecule has 5 rings (SSSR count). The Labute approximate surface area is 159 Å². The molecule has 2 aliphatic rings. The van der Waals surface area contributed by atoms with Crippen molar-refractivity contribution in [1.29, 1.82) is 0 Å². The van der Waals surface area contributed by atoms with Gasteiger partial charge in [-0.15, -0.1) is 0 Å². The van der Waals surface area contributed by atoms with Crippen molar-refractivity contribution in [2.75, 3.05) is 19.6 Å². The van der Waals surface area contributed by atoms with E-state index in [4.69, 9.17) is 0 Å². The Balaban J connectivity index is 1.33. The highest BCUT2D eigenvalue weighted by Gasteiger charge is 2.43. The highest BCUT2D eigenvalue weighted by Crippen LogP contribution is 2.34. The number of hydrogen-bond acceptors (Lipinski definition) is 3. The van der Waals surface area contributed by atoms with E-state index >= 15 is 0 Å². The zero-order valence-electron chi connectivity index (χ0n) is 15.6. The second-order valence-corrected chi connectivity index (χ2v) is 7.77. The molecule has 2 atom stereocenters. The first-order valence-corrected chi connectivity index (χ1v) is 9.69. The largest absolute Gasteiger partial charge is 0.336 e. The van der Waals surface area contributed by atoms with Gasteiger partial charge >= 0.3 is 0 Å². The average Bonchev–Trinajstić information content (AvgIpc) is 3.03. The molecule has 0 saturated carbocycles. The van der Waals surface area contributed by atoms with Crippen LogP contribution in [0, 0.1) is 5.92 Å². The number of likely N-dealkylation sites (tertiary alicyclic amines) is 2. The van der Waals surface area contributed by atoms with Crippen LogP contribution in [-0.2, 0) is 13.6 Å². The van der Waals surface area contributed by atoms with Crippen LogP contribution in [-0.4, -0.2) is 51.2 Å². The molecular formula is C22H24N4O. The molecule has 0 radical (unpaired) electrons. The summed E-state index contributed by atoms with van der Waals surface area (Å²) >= 11 is 0. The molecule has 2 aromatic carbocycles. The van der Waals surface area contributed by atoms with Gasteiger partial charge in [0.25, 0.3) is 5.91 Å². The van der Waals surface area contributed by atoms with Crippen molar-refractivity contribution in [2.45, 2.75) is 19.0 Å². The highest BCUT2D eigenvalue weighted by molar-refractivity contribution is 6.04. The number of rotatable bonds is 3. The van der Waals surface area contributed by atoms with Crippen LogP contribution in [0.1, 0.15) is 22.5 Å². The van der Waals surface area contributed by atoms with Crippen LogP contribution >= 0.6 is 0 Å². The molecule has 1 aromatic heterocycles. The van der Waals surface area contributed by atoms with Crippen molar-refractivity contribution >= 4 is 16.8 Å². The fourth-order valence-electron chi connectivity index (χ4n) is 4.61. The number of benzene rings is 2. The van der Waals surface area contributed by atoms with E-state index in [9.17, 15) is 4.79 Å². The van der Waals surface area contributed by atoms with Gasteiger partial charge < -0.3 is 4.90 Å². The first kappa shape index (κ1) is 16.5. The van der Waals surface area contributed by atoms with Gasteiger partial charge in [-0.1, -0.05) is 48.5 Å². The standard InChI is InChI=1S/C22H24N4O/c1-24-19-10-6-5-9-18(19)21(23-24)22(27)25-12-11-17-14-26(20(17)15-25)13-16-7-3-2-4-8-16/h2-10,17,20H,11-15H2,1H3/t17-,20-/m1/s1. The molecule has 5 nitrogen and oxygen atoms in total. The monoisotopic (exact) mass is 360 g/mol. The van der Waals surface area contributed by atoms with E-state index in [1.807, 2.05) is 36.2 Å². The molecule has 0 aliphatic carbocycles. The Morgan fingerprint density at radius 3 is 2.70 bits per heavy atom. The van der Waals surface area contributed by atoms with Gasteiger partial charge in [-0.2, -0.15) is 5.10 Å². The van der Waals surface area contributed by atoms with Gasteiger partial charge in [0.05, 0.1) is 5.52 Å². The molecule has 3 heterocycles. The summed E-state index contributed by atoms with van der Waals surface area (Å²) in [6.07, 6.45) is 1.09. The van der Waals surface area contributed by atoms with Gasteiger partial charge in [0, 0.05) is 44.7 Å². The van der Waals surface area contributed by atoms with Crippen LogP contribution < -0.4 is 0 Å². The molecule has 0 unspecified atom stereocenters.